The zero-order valence-corrected chi connectivity index (χ0v) is 18.9. The van der Waals surface area contributed by atoms with Gasteiger partial charge in [-0.25, -0.2) is 8.78 Å². The summed E-state index contributed by atoms with van der Waals surface area (Å²) in [6, 6.07) is 33.3. The van der Waals surface area contributed by atoms with Crippen LogP contribution in [0.5, 0.6) is 0 Å². The highest BCUT2D eigenvalue weighted by Gasteiger charge is 2.20. The minimum absolute atomic E-state index is 0.166. The second kappa shape index (κ2) is 7.53. The van der Waals surface area contributed by atoms with Crippen LogP contribution in [0.4, 0.5) is 8.78 Å². The Labute approximate surface area is 204 Å². The van der Waals surface area contributed by atoms with Crippen molar-refractivity contribution in [1.82, 2.24) is 9.13 Å². The van der Waals surface area contributed by atoms with Crippen LogP contribution in [0, 0.1) is 23.0 Å². The molecule has 0 aliphatic rings. The average molecular weight is 469 g/mol. The van der Waals surface area contributed by atoms with Crippen LogP contribution in [-0.4, -0.2) is 9.13 Å². The van der Waals surface area contributed by atoms with E-state index < -0.39 is 11.6 Å². The first-order chi connectivity index (χ1) is 17.7. The number of aromatic nitrogens is 2. The van der Waals surface area contributed by atoms with Gasteiger partial charge in [-0.1, -0.05) is 48.5 Å². The summed E-state index contributed by atoms with van der Waals surface area (Å²) in [5.74, 6) is -0.993. The predicted molar refractivity (Wildman–Crippen MR) is 140 cm³/mol. The van der Waals surface area contributed by atoms with Gasteiger partial charge in [-0.3, -0.25) is 0 Å². The molecule has 0 fully saturated rings. The van der Waals surface area contributed by atoms with Crippen LogP contribution in [0.25, 0.3) is 55.0 Å². The summed E-state index contributed by atoms with van der Waals surface area (Å²) < 4.78 is 33.2. The molecule has 0 aliphatic carbocycles. The number of hydrogen-bond acceptors (Lipinski definition) is 1. The maximum atomic E-state index is 15.0. The molecule has 7 rings (SSSR count). The van der Waals surface area contributed by atoms with Crippen LogP contribution >= 0.6 is 0 Å². The molecular formula is C31H17F2N3. The van der Waals surface area contributed by atoms with Gasteiger partial charge in [-0.15, -0.1) is 0 Å². The third-order valence-electron chi connectivity index (χ3n) is 6.88. The second-order valence-corrected chi connectivity index (χ2v) is 8.82. The zero-order chi connectivity index (χ0) is 24.4. The molecular weight excluding hydrogens is 452 g/mol. The molecule has 2 aromatic heterocycles. The van der Waals surface area contributed by atoms with Crippen molar-refractivity contribution in [3.05, 3.63) is 120 Å². The van der Waals surface area contributed by atoms with Crippen molar-refractivity contribution in [2.24, 2.45) is 0 Å². The van der Waals surface area contributed by atoms with Crippen molar-refractivity contribution in [3.8, 4) is 17.4 Å². The number of hydrogen-bond donors (Lipinski definition) is 0. The lowest BCUT2D eigenvalue weighted by Gasteiger charge is -2.11. The summed E-state index contributed by atoms with van der Waals surface area (Å²) in [6.45, 7) is 0. The molecule has 0 spiro atoms. The molecule has 5 aromatic carbocycles. The number of nitrogens with zero attached hydrogens (tertiary/aromatic N) is 3. The molecule has 0 amide bonds. The summed E-state index contributed by atoms with van der Waals surface area (Å²) in [5, 5.41) is 13.6. The molecule has 0 aliphatic heterocycles. The molecule has 0 atom stereocenters. The molecule has 170 valence electrons. The average Bonchev–Trinajstić information content (AvgIpc) is 3.41. The van der Waals surface area contributed by atoms with E-state index >= 15 is 4.39 Å². The fraction of sp³-hybridized carbons (Fsp3) is 0. The Kier molecular flexibility index (Phi) is 4.27. The van der Waals surface area contributed by atoms with Gasteiger partial charge in [0.2, 0.25) is 0 Å². The quantitative estimate of drug-likeness (QED) is 0.252. The normalized spacial score (nSPS) is 11.6. The summed E-state index contributed by atoms with van der Waals surface area (Å²) in [5.41, 5.74) is 5.02. The van der Waals surface area contributed by atoms with Gasteiger partial charge in [0.15, 0.2) is 0 Å². The number of nitriles is 1. The Morgan fingerprint density at radius 2 is 1.08 bits per heavy atom. The van der Waals surface area contributed by atoms with Crippen molar-refractivity contribution < 1.29 is 8.78 Å². The number of benzene rings is 5. The molecule has 0 saturated carbocycles. The molecule has 0 bridgehead atoms. The van der Waals surface area contributed by atoms with E-state index in [-0.39, 0.29) is 5.69 Å². The molecule has 0 saturated heterocycles. The number of rotatable bonds is 2. The molecule has 3 nitrogen and oxygen atoms in total. The summed E-state index contributed by atoms with van der Waals surface area (Å²) in [6.07, 6.45) is 0. The third-order valence-corrected chi connectivity index (χ3v) is 6.88. The van der Waals surface area contributed by atoms with Gasteiger partial charge in [-0.05, 0) is 48.5 Å². The predicted octanol–water partition coefficient (Wildman–Crippen LogP) is 8.03. The van der Waals surface area contributed by atoms with E-state index in [2.05, 4.69) is 16.7 Å². The number of para-hydroxylation sites is 3. The lowest BCUT2D eigenvalue weighted by molar-refractivity contribution is 0.595. The molecule has 5 heteroatoms. The highest BCUT2D eigenvalue weighted by molar-refractivity contribution is 6.19. The largest absolute Gasteiger partial charge is 0.308 e. The van der Waals surface area contributed by atoms with E-state index in [0.717, 1.165) is 61.4 Å². The van der Waals surface area contributed by atoms with E-state index in [1.54, 1.807) is 4.57 Å². The fourth-order valence-corrected chi connectivity index (χ4v) is 5.37. The Bertz CT molecular complexity index is 2040. The minimum atomic E-state index is -0.497. The van der Waals surface area contributed by atoms with Gasteiger partial charge in [0.25, 0.3) is 0 Å². The van der Waals surface area contributed by atoms with E-state index in [1.807, 2.05) is 78.9 Å². The number of halogens is 2. The first-order valence-electron chi connectivity index (χ1n) is 11.6. The molecule has 0 unspecified atom stereocenters. The summed E-state index contributed by atoms with van der Waals surface area (Å²) in [7, 11) is 0. The third kappa shape index (κ3) is 2.76. The van der Waals surface area contributed by atoms with Crippen molar-refractivity contribution in [3.63, 3.8) is 0 Å². The van der Waals surface area contributed by atoms with Crippen molar-refractivity contribution in [2.75, 3.05) is 0 Å². The van der Waals surface area contributed by atoms with Gasteiger partial charge in [0.1, 0.15) is 17.7 Å². The van der Waals surface area contributed by atoms with E-state index in [9.17, 15) is 9.65 Å². The monoisotopic (exact) mass is 469 g/mol. The Hall–Kier alpha value is -4.95. The van der Waals surface area contributed by atoms with Crippen LogP contribution < -0.4 is 0 Å². The van der Waals surface area contributed by atoms with Crippen molar-refractivity contribution >= 4 is 43.6 Å². The smallest absolute Gasteiger partial charge is 0.147 e. The van der Waals surface area contributed by atoms with Crippen LogP contribution in [0.15, 0.2) is 103 Å². The first kappa shape index (κ1) is 20.4. The van der Waals surface area contributed by atoms with Crippen LogP contribution in [-0.2, 0) is 0 Å². The van der Waals surface area contributed by atoms with E-state index in [0.29, 0.717) is 5.56 Å². The standard InChI is InChI=1S/C31H17F2N3/c32-20-13-14-25(33)31(15-20)36-28-12-6-3-9-22(28)24-16-29-23(17-30(24)36)21-8-2-5-11-27(21)35(29)26-10-4-1-7-19(26)18-34/h1-17H. The summed E-state index contributed by atoms with van der Waals surface area (Å²) >= 11 is 0. The first-order valence-corrected chi connectivity index (χ1v) is 11.6. The molecule has 2 heterocycles. The molecule has 0 radical (unpaired) electrons. The minimum Gasteiger partial charge on any atom is -0.308 e. The fourth-order valence-electron chi connectivity index (χ4n) is 5.37. The molecule has 0 N–H and O–H groups in total. The van der Waals surface area contributed by atoms with Crippen LogP contribution in [0.2, 0.25) is 0 Å². The highest BCUT2D eigenvalue weighted by Crippen LogP contribution is 2.40. The Balaban J connectivity index is 1.70. The highest BCUT2D eigenvalue weighted by atomic mass is 19.1. The van der Waals surface area contributed by atoms with Crippen LogP contribution in [0.3, 0.4) is 0 Å². The van der Waals surface area contributed by atoms with Gasteiger partial charge in [0, 0.05) is 27.6 Å². The lowest BCUT2D eigenvalue weighted by Crippen LogP contribution is -1.99. The molecule has 36 heavy (non-hydrogen) atoms. The lowest BCUT2D eigenvalue weighted by atomic mass is 10.1. The van der Waals surface area contributed by atoms with Gasteiger partial charge >= 0.3 is 0 Å². The van der Waals surface area contributed by atoms with Crippen molar-refractivity contribution in [2.45, 2.75) is 0 Å². The Morgan fingerprint density at radius 3 is 1.72 bits per heavy atom. The molecule has 7 aromatic rings. The SMILES string of the molecule is N#Cc1ccccc1-n1c2ccccc2c2cc3c(cc21)c1ccccc1n3-c1cc(F)ccc1F. The van der Waals surface area contributed by atoms with Gasteiger partial charge in [-0.2, -0.15) is 5.26 Å². The van der Waals surface area contributed by atoms with Crippen LogP contribution in [0.1, 0.15) is 5.56 Å². The topological polar surface area (TPSA) is 33.6 Å². The van der Waals surface area contributed by atoms with Gasteiger partial charge in [0.05, 0.1) is 39.0 Å². The maximum Gasteiger partial charge on any atom is 0.147 e. The van der Waals surface area contributed by atoms with Crippen molar-refractivity contribution in [1.29, 1.82) is 5.26 Å². The summed E-state index contributed by atoms with van der Waals surface area (Å²) in [4.78, 5) is 0. The Morgan fingerprint density at radius 1 is 0.528 bits per heavy atom. The zero-order valence-electron chi connectivity index (χ0n) is 18.9. The maximum absolute atomic E-state index is 15.0. The van der Waals surface area contributed by atoms with E-state index in [1.165, 1.54) is 6.07 Å². The second-order valence-electron chi connectivity index (χ2n) is 8.82. The van der Waals surface area contributed by atoms with E-state index in [4.69, 9.17) is 0 Å². The van der Waals surface area contributed by atoms with Gasteiger partial charge < -0.3 is 9.13 Å². The number of fused-ring (bicyclic) bond motifs is 6.